The molecular weight excluding hydrogens is 425 g/mol. The zero-order valence-corrected chi connectivity index (χ0v) is 18.2. The van der Waals surface area contributed by atoms with Crippen LogP contribution in [0.1, 0.15) is 22.1 Å². The van der Waals surface area contributed by atoms with Crippen LogP contribution in [0.25, 0.3) is 16.6 Å². The lowest BCUT2D eigenvalue weighted by molar-refractivity contribution is -0.0283. The van der Waals surface area contributed by atoms with Gasteiger partial charge in [0.25, 0.3) is 5.91 Å². The Balaban J connectivity index is 1.38. The fraction of sp³-hybridized carbons (Fsp3) is 0.348. The van der Waals surface area contributed by atoms with Crippen LogP contribution >= 0.6 is 0 Å². The molecule has 3 aromatic heterocycles. The summed E-state index contributed by atoms with van der Waals surface area (Å²) in [5, 5.41) is 11.9. The van der Waals surface area contributed by atoms with Gasteiger partial charge in [0.15, 0.2) is 11.5 Å². The van der Waals surface area contributed by atoms with Crippen LogP contribution in [0.5, 0.6) is 0 Å². The number of hydrogen-bond acceptors (Lipinski definition) is 6. The van der Waals surface area contributed by atoms with E-state index in [0.717, 1.165) is 37.3 Å². The van der Waals surface area contributed by atoms with Gasteiger partial charge >= 0.3 is 0 Å². The van der Waals surface area contributed by atoms with Crippen molar-refractivity contribution in [1.29, 1.82) is 0 Å². The minimum Gasteiger partial charge on any atom is -0.377 e. The first kappa shape index (κ1) is 20.1. The van der Waals surface area contributed by atoms with E-state index in [1.54, 1.807) is 29.8 Å². The molecule has 4 aromatic rings. The van der Waals surface area contributed by atoms with Crippen molar-refractivity contribution >= 4 is 33.8 Å². The summed E-state index contributed by atoms with van der Waals surface area (Å²) in [6, 6.07) is 5.25. The second-order valence-corrected chi connectivity index (χ2v) is 8.58. The molecule has 6 rings (SSSR count). The summed E-state index contributed by atoms with van der Waals surface area (Å²) in [7, 11) is 0. The summed E-state index contributed by atoms with van der Waals surface area (Å²) in [5.74, 6) is -0.827. The van der Waals surface area contributed by atoms with Crippen molar-refractivity contribution in [2.45, 2.75) is 13.0 Å². The van der Waals surface area contributed by atoms with Gasteiger partial charge in [-0.15, -0.1) is 0 Å². The number of benzene rings is 1. The highest BCUT2D eigenvalue weighted by Gasteiger charge is 2.25. The van der Waals surface area contributed by atoms with Crippen LogP contribution in [-0.2, 0) is 4.74 Å². The Morgan fingerprint density at radius 1 is 1.21 bits per heavy atom. The molecule has 170 valence electrons. The molecule has 2 N–H and O–H groups in total. The molecule has 0 saturated carbocycles. The van der Waals surface area contributed by atoms with Crippen molar-refractivity contribution in [2.75, 3.05) is 49.6 Å². The molecule has 0 unspecified atom stereocenters. The number of imidazole rings is 1. The van der Waals surface area contributed by atoms with Gasteiger partial charge in [-0.25, -0.2) is 9.37 Å². The number of ether oxygens (including phenoxy) is 1. The standard InChI is InChI=1S/C23H24FN7O2/c1-14-9-30-10-15(8-19(24)22(30)26-14)27-23(32)17-2-3-20(29-6-4-25-5-7-29)18-11-31(28-21(17)18)16-12-33-13-16/h2-3,8-11,16,25H,4-7,12-13H2,1H3,(H,27,32). The van der Waals surface area contributed by atoms with Gasteiger partial charge in [-0.1, -0.05) is 0 Å². The van der Waals surface area contributed by atoms with E-state index >= 15 is 0 Å². The summed E-state index contributed by atoms with van der Waals surface area (Å²) in [6.07, 6.45) is 5.39. The van der Waals surface area contributed by atoms with E-state index in [4.69, 9.17) is 9.84 Å². The van der Waals surface area contributed by atoms with E-state index in [-0.39, 0.29) is 17.6 Å². The van der Waals surface area contributed by atoms with Gasteiger partial charge in [0.05, 0.1) is 36.2 Å². The molecule has 9 nitrogen and oxygen atoms in total. The third-order valence-electron chi connectivity index (χ3n) is 6.25. The second kappa shape index (κ2) is 7.82. The second-order valence-electron chi connectivity index (χ2n) is 8.58. The molecule has 2 aliphatic heterocycles. The molecule has 10 heteroatoms. The molecule has 2 fully saturated rings. The van der Waals surface area contributed by atoms with E-state index in [0.29, 0.717) is 35.7 Å². The number of anilines is 2. The maximum atomic E-state index is 14.5. The number of fused-ring (bicyclic) bond motifs is 2. The average Bonchev–Trinajstić information content (AvgIpc) is 3.35. The average molecular weight is 449 g/mol. The number of aromatic nitrogens is 4. The first-order valence-corrected chi connectivity index (χ1v) is 11.1. The number of hydrogen-bond donors (Lipinski definition) is 2. The number of nitrogens with zero attached hydrogens (tertiary/aromatic N) is 5. The lowest BCUT2D eigenvalue weighted by atomic mass is 10.1. The van der Waals surface area contributed by atoms with Crippen molar-refractivity contribution in [3.63, 3.8) is 0 Å². The summed E-state index contributed by atoms with van der Waals surface area (Å²) in [5.41, 5.74) is 3.44. The molecule has 2 saturated heterocycles. The predicted molar refractivity (Wildman–Crippen MR) is 123 cm³/mol. The molecule has 0 aliphatic carbocycles. The lowest BCUT2D eigenvalue weighted by Crippen LogP contribution is -2.43. The van der Waals surface area contributed by atoms with Crippen molar-refractivity contribution in [1.82, 2.24) is 24.5 Å². The molecule has 1 amide bonds. The first-order valence-electron chi connectivity index (χ1n) is 11.1. The molecule has 0 atom stereocenters. The number of carbonyl (C=O) groups is 1. The number of aryl methyl sites for hydroxylation is 1. The van der Waals surface area contributed by atoms with Crippen LogP contribution in [-0.4, -0.2) is 64.5 Å². The fourth-order valence-electron chi connectivity index (χ4n) is 4.48. The van der Waals surface area contributed by atoms with Crippen molar-refractivity contribution in [3.05, 3.63) is 53.9 Å². The molecule has 1 aromatic carbocycles. The first-order chi connectivity index (χ1) is 16.1. The zero-order valence-electron chi connectivity index (χ0n) is 18.2. The predicted octanol–water partition coefficient (Wildman–Crippen LogP) is 2.36. The maximum Gasteiger partial charge on any atom is 0.257 e. The highest BCUT2D eigenvalue weighted by Crippen LogP contribution is 2.32. The molecule has 2 aliphatic rings. The van der Waals surface area contributed by atoms with Gasteiger partial charge < -0.3 is 24.7 Å². The Hall–Kier alpha value is -3.50. The Morgan fingerprint density at radius 2 is 2.03 bits per heavy atom. The Morgan fingerprint density at radius 3 is 2.79 bits per heavy atom. The van der Waals surface area contributed by atoms with Crippen molar-refractivity contribution < 1.29 is 13.9 Å². The number of pyridine rings is 1. The van der Waals surface area contributed by atoms with Crippen LogP contribution in [0.3, 0.4) is 0 Å². The van der Waals surface area contributed by atoms with E-state index in [1.165, 1.54) is 6.07 Å². The number of piperazine rings is 1. The summed E-state index contributed by atoms with van der Waals surface area (Å²) in [4.78, 5) is 19.8. The Bertz CT molecular complexity index is 1370. The molecule has 0 bridgehead atoms. The molecule has 0 radical (unpaired) electrons. The fourth-order valence-corrected chi connectivity index (χ4v) is 4.48. The minimum atomic E-state index is -0.491. The van der Waals surface area contributed by atoms with Gasteiger partial charge in [-0.3, -0.25) is 9.48 Å². The van der Waals surface area contributed by atoms with E-state index < -0.39 is 5.82 Å². The van der Waals surface area contributed by atoms with Gasteiger partial charge in [0.1, 0.15) is 5.52 Å². The third-order valence-corrected chi connectivity index (χ3v) is 6.25. The van der Waals surface area contributed by atoms with Gasteiger partial charge in [-0.05, 0) is 19.1 Å². The van der Waals surface area contributed by atoms with Crippen LogP contribution in [0.2, 0.25) is 0 Å². The third kappa shape index (κ3) is 3.51. The van der Waals surface area contributed by atoms with E-state index in [9.17, 15) is 9.18 Å². The van der Waals surface area contributed by atoms with Crippen LogP contribution < -0.4 is 15.5 Å². The molecule has 33 heavy (non-hydrogen) atoms. The van der Waals surface area contributed by atoms with Crippen LogP contribution in [0.15, 0.2) is 36.8 Å². The van der Waals surface area contributed by atoms with Crippen molar-refractivity contribution in [2.24, 2.45) is 0 Å². The van der Waals surface area contributed by atoms with E-state index in [2.05, 4.69) is 20.5 Å². The maximum absolute atomic E-state index is 14.5. The topological polar surface area (TPSA) is 88.7 Å². The summed E-state index contributed by atoms with van der Waals surface area (Å²) < 4.78 is 23.3. The highest BCUT2D eigenvalue weighted by molar-refractivity contribution is 6.13. The number of rotatable bonds is 4. The summed E-state index contributed by atoms with van der Waals surface area (Å²) in [6.45, 7) is 6.63. The smallest absolute Gasteiger partial charge is 0.257 e. The SMILES string of the molecule is Cc1cn2cc(NC(=O)c3ccc(N4CCNCC4)c4cn(C5COC5)nc34)cc(F)c2n1. The van der Waals surface area contributed by atoms with E-state index in [1.807, 2.05) is 16.9 Å². The lowest BCUT2D eigenvalue weighted by Gasteiger charge is -2.30. The van der Waals surface area contributed by atoms with Gasteiger partial charge in [0.2, 0.25) is 0 Å². The number of nitrogens with one attached hydrogen (secondary N) is 2. The quantitative estimate of drug-likeness (QED) is 0.497. The molecular formula is C23H24FN7O2. The van der Waals surface area contributed by atoms with Gasteiger partial charge in [0, 0.05) is 61.9 Å². The number of halogens is 1. The largest absolute Gasteiger partial charge is 0.377 e. The van der Waals surface area contributed by atoms with Gasteiger partial charge in [-0.2, -0.15) is 5.10 Å². The summed E-state index contributed by atoms with van der Waals surface area (Å²) >= 11 is 0. The minimum absolute atomic E-state index is 0.171. The zero-order chi connectivity index (χ0) is 22.5. The van der Waals surface area contributed by atoms with Crippen molar-refractivity contribution in [3.8, 4) is 0 Å². The number of carbonyl (C=O) groups excluding carboxylic acids is 1. The molecule has 0 spiro atoms. The highest BCUT2D eigenvalue weighted by atomic mass is 19.1. The Labute approximate surface area is 189 Å². The number of amides is 1. The Kier molecular flexibility index (Phi) is 4.77. The molecule has 5 heterocycles. The monoisotopic (exact) mass is 449 g/mol. The normalized spacial score (nSPS) is 17.0. The van der Waals surface area contributed by atoms with Crippen LogP contribution in [0.4, 0.5) is 15.8 Å². The van der Waals surface area contributed by atoms with Crippen LogP contribution in [0, 0.1) is 12.7 Å².